The van der Waals surface area contributed by atoms with Crippen LogP contribution in [0.4, 0.5) is 0 Å². The van der Waals surface area contributed by atoms with Gasteiger partial charge in [-0.15, -0.1) is 0 Å². The average molecular weight is 316 g/mol. The molecular weight excluding hydrogens is 296 g/mol. The molecule has 1 amide bonds. The van der Waals surface area contributed by atoms with Gasteiger partial charge in [0.1, 0.15) is 23.7 Å². The Morgan fingerprint density at radius 1 is 1.13 bits per heavy atom. The highest BCUT2D eigenvalue weighted by Gasteiger charge is 2.12. The molecule has 2 rings (SSSR count). The largest absolute Gasteiger partial charge is 0.497 e. The van der Waals surface area contributed by atoms with Crippen molar-refractivity contribution in [1.29, 1.82) is 0 Å². The van der Waals surface area contributed by atoms with E-state index < -0.39 is 0 Å². The molecule has 0 bridgehead atoms. The summed E-state index contributed by atoms with van der Waals surface area (Å²) in [4.78, 5) is 16.2. The molecule has 0 aliphatic rings. The maximum absolute atomic E-state index is 12.1. The highest BCUT2D eigenvalue weighted by molar-refractivity contribution is 5.96. The Kier molecular flexibility index (Phi) is 6.23. The molecule has 0 unspecified atom stereocenters. The Hall–Kier alpha value is -2.76. The van der Waals surface area contributed by atoms with Crippen molar-refractivity contribution in [2.45, 2.75) is 6.92 Å². The van der Waals surface area contributed by atoms with Crippen LogP contribution < -0.4 is 19.5 Å². The molecule has 0 saturated heterocycles. The predicted octanol–water partition coefficient (Wildman–Crippen LogP) is 2.30. The molecule has 0 aliphatic heterocycles. The monoisotopic (exact) mass is 316 g/mol. The summed E-state index contributed by atoms with van der Waals surface area (Å²) in [5.41, 5.74) is 0.416. The number of benzene rings is 1. The number of nitrogens with zero attached hydrogens (tertiary/aromatic N) is 1. The van der Waals surface area contributed by atoms with Gasteiger partial charge < -0.3 is 19.5 Å². The first-order valence-electron chi connectivity index (χ1n) is 7.37. The number of aromatic nitrogens is 1. The van der Waals surface area contributed by atoms with E-state index in [2.05, 4.69) is 10.3 Å². The second kappa shape index (κ2) is 8.63. The van der Waals surface area contributed by atoms with Gasteiger partial charge in [-0.2, -0.15) is 0 Å². The van der Waals surface area contributed by atoms with Crippen molar-refractivity contribution < 1.29 is 19.0 Å². The summed E-state index contributed by atoms with van der Waals surface area (Å²) in [6.07, 6.45) is 1.59. The van der Waals surface area contributed by atoms with Gasteiger partial charge in [0.2, 0.25) is 5.88 Å². The minimum absolute atomic E-state index is 0.236. The van der Waals surface area contributed by atoms with Crippen molar-refractivity contribution in [1.82, 2.24) is 10.3 Å². The van der Waals surface area contributed by atoms with Gasteiger partial charge in [0.15, 0.2) is 0 Å². The number of pyridine rings is 1. The molecule has 0 fully saturated rings. The molecule has 122 valence electrons. The molecule has 1 aromatic carbocycles. The Morgan fingerprint density at radius 3 is 2.57 bits per heavy atom. The van der Waals surface area contributed by atoms with E-state index in [-0.39, 0.29) is 5.91 Å². The van der Waals surface area contributed by atoms with Gasteiger partial charge in [0, 0.05) is 6.20 Å². The fourth-order valence-electron chi connectivity index (χ4n) is 1.92. The van der Waals surface area contributed by atoms with Gasteiger partial charge in [-0.1, -0.05) is 0 Å². The van der Waals surface area contributed by atoms with Gasteiger partial charge in [0.05, 0.1) is 20.3 Å². The predicted molar refractivity (Wildman–Crippen MR) is 86.2 cm³/mol. The average Bonchev–Trinajstić information content (AvgIpc) is 2.60. The molecule has 1 heterocycles. The SMILES string of the molecule is CCOc1ncccc1C(=O)NCCOc1ccc(OC)cc1. The number of nitrogens with one attached hydrogen (secondary N) is 1. The highest BCUT2D eigenvalue weighted by atomic mass is 16.5. The molecule has 0 aliphatic carbocycles. The van der Waals surface area contributed by atoms with Crippen LogP contribution in [0.1, 0.15) is 17.3 Å². The Bertz CT molecular complexity index is 629. The van der Waals surface area contributed by atoms with Crippen molar-refractivity contribution in [3.05, 3.63) is 48.2 Å². The number of methoxy groups -OCH3 is 1. The zero-order valence-electron chi connectivity index (χ0n) is 13.2. The Labute approximate surface area is 135 Å². The van der Waals surface area contributed by atoms with E-state index in [1.54, 1.807) is 25.4 Å². The Morgan fingerprint density at radius 2 is 1.87 bits per heavy atom. The number of rotatable bonds is 8. The summed E-state index contributed by atoms with van der Waals surface area (Å²) < 4.78 is 16.0. The van der Waals surface area contributed by atoms with Crippen LogP contribution in [0.3, 0.4) is 0 Å². The van der Waals surface area contributed by atoms with Crippen molar-refractivity contribution in [2.24, 2.45) is 0 Å². The van der Waals surface area contributed by atoms with E-state index in [0.717, 1.165) is 11.5 Å². The number of hydrogen-bond acceptors (Lipinski definition) is 5. The van der Waals surface area contributed by atoms with E-state index in [1.807, 2.05) is 31.2 Å². The van der Waals surface area contributed by atoms with Gasteiger partial charge >= 0.3 is 0 Å². The molecule has 1 aromatic heterocycles. The van der Waals surface area contributed by atoms with Crippen LogP contribution in [0.15, 0.2) is 42.6 Å². The summed E-state index contributed by atoms with van der Waals surface area (Å²) in [6, 6.07) is 10.6. The molecule has 0 atom stereocenters. The van der Waals surface area contributed by atoms with Crippen LogP contribution in [-0.2, 0) is 0 Å². The number of hydrogen-bond donors (Lipinski definition) is 1. The lowest BCUT2D eigenvalue weighted by atomic mass is 10.2. The number of carbonyl (C=O) groups is 1. The zero-order valence-corrected chi connectivity index (χ0v) is 13.2. The minimum atomic E-state index is -0.236. The second-order valence-electron chi connectivity index (χ2n) is 4.57. The lowest BCUT2D eigenvalue weighted by Crippen LogP contribution is -2.28. The zero-order chi connectivity index (χ0) is 16.5. The van der Waals surface area contributed by atoms with Crippen molar-refractivity contribution in [3.63, 3.8) is 0 Å². The summed E-state index contributed by atoms with van der Waals surface area (Å²) >= 11 is 0. The summed E-state index contributed by atoms with van der Waals surface area (Å²) in [5, 5.41) is 2.78. The quantitative estimate of drug-likeness (QED) is 0.757. The van der Waals surface area contributed by atoms with Gasteiger partial charge in [-0.3, -0.25) is 4.79 Å². The van der Waals surface area contributed by atoms with E-state index in [1.165, 1.54) is 0 Å². The lowest BCUT2D eigenvalue weighted by Gasteiger charge is -2.10. The lowest BCUT2D eigenvalue weighted by molar-refractivity contribution is 0.0942. The topological polar surface area (TPSA) is 69.7 Å². The van der Waals surface area contributed by atoms with Crippen LogP contribution in [0.2, 0.25) is 0 Å². The van der Waals surface area contributed by atoms with Gasteiger partial charge in [-0.05, 0) is 43.3 Å². The smallest absolute Gasteiger partial charge is 0.256 e. The Balaban J connectivity index is 1.80. The maximum Gasteiger partial charge on any atom is 0.256 e. The van der Waals surface area contributed by atoms with Gasteiger partial charge in [0.25, 0.3) is 5.91 Å². The third kappa shape index (κ3) is 4.88. The van der Waals surface area contributed by atoms with Crippen molar-refractivity contribution in [2.75, 3.05) is 26.9 Å². The van der Waals surface area contributed by atoms with Crippen molar-refractivity contribution >= 4 is 5.91 Å². The van der Waals surface area contributed by atoms with E-state index >= 15 is 0 Å². The molecular formula is C17H20N2O4. The highest BCUT2D eigenvalue weighted by Crippen LogP contribution is 2.17. The summed E-state index contributed by atoms with van der Waals surface area (Å²) in [7, 11) is 1.61. The van der Waals surface area contributed by atoms with E-state index in [9.17, 15) is 4.79 Å². The first-order valence-corrected chi connectivity index (χ1v) is 7.37. The molecule has 2 aromatic rings. The fraction of sp³-hybridized carbons (Fsp3) is 0.294. The first kappa shape index (κ1) is 16.6. The van der Waals surface area contributed by atoms with Crippen LogP contribution in [0.5, 0.6) is 17.4 Å². The third-order valence-corrected chi connectivity index (χ3v) is 3.01. The number of carbonyl (C=O) groups excluding carboxylic acids is 1. The molecule has 6 heteroatoms. The third-order valence-electron chi connectivity index (χ3n) is 3.01. The minimum Gasteiger partial charge on any atom is -0.497 e. The molecule has 0 radical (unpaired) electrons. The summed E-state index contributed by atoms with van der Waals surface area (Å²) in [5.74, 6) is 1.59. The van der Waals surface area contributed by atoms with Crippen molar-refractivity contribution in [3.8, 4) is 17.4 Å². The number of ether oxygens (including phenoxy) is 3. The van der Waals surface area contributed by atoms with Crippen LogP contribution in [-0.4, -0.2) is 37.8 Å². The molecule has 6 nitrogen and oxygen atoms in total. The maximum atomic E-state index is 12.1. The van der Waals surface area contributed by atoms with Crippen LogP contribution in [0.25, 0.3) is 0 Å². The number of amides is 1. The molecule has 0 saturated carbocycles. The fourth-order valence-corrected chi connectivity index (χ4v) is 1.92. The van der Waals surface area contributed by atoms with Crippen LogP contribution in [0, 0.1) is 0 Å². The standard InChI is InChI=1S/C17H20N2O4/c1-3-22-17-15(5-4-10-19-17)16(20)18-11-12-23-14-8-6-13(21-2)7-9-14/h4-10H,3,11-12H2,1-2H3,(H,18,20). The van der Waals surface area contributed by atoms with E-state index in [4.69, 9.17) is 14.2 Å². The first-order chi connectivity index (χ1) is 11.2. The normalized spacial score (nSPS) is 10.0. The summed E-state index contributed by atoms with van der Waals surface area (Å²) in [6.45, 7) is 3.05. The van der Waals surface area contributed by atoms with Gasteiger partial charge in [-0.25, -0.2) is 4.98 Å². The molecule has 1 N–H and O–H groups in total. The molecule has 0 spiro atoms. The molecule has 23 heavy (non-hydrogen) atoms. The van der Waals surface area contributed by atoms with Crippen LogP contribution >= 0.6 is 0 Å². The van der Waals surface area contributed by atoms with E-state index in [0.29, 0.717) is 31.2 Å². The second-order valence-corrected chi connectivity index (χ2v) is 4.57.